The standard InChI is InChI=1S/C15H17ClO3/c16-12-7-5-10(6-8-12)14(17)9-11-3-1-2-4-13(11)15(18)19/h5-8,11,13H,1-4,9H2,(H,18,19)/t11-,13-/m1/s1. The van der Waals surface area contributed by atoms with Crippen molar-refractivity contribution in [1.82, 2.24) is 0 Å². The van der Waals surface area contributed by atoms with Gasteiger partial charge in [0.15, 0.2) is 5.78 Å². The van der Waals surface area contributed by atoms with Gasteiger partial charge in [-0.15, -0.1) is 0 Å². The summed E-state index contributed by atoms with van der Waals surface area (Å²) in [6.07, 6.45) is 3.80. The molecule has 1 aromatic carbocycles. The van der Waals surface area contributed by atoms with Gasteiger partial charge in [0.25, 0.3) is 0 Å². The van der Waals surface area contributed by atoms with Crippen LogP contribution in [0.2, 0.25) is 5.02 Å². The number of carboxylic acid groups (broad SMARTS) is 1. The Morgan fingerprint density at radius 3 is 2.42 bits per heavy atom. The molecule has 0 saturated heterocycles. The molecule has 1 N–H and O–H groups in total. The van der Waals surface area contributed by atoms with Crippen LogP contribution in [0, 0.1) is 11.8 Å². The summed E-state index contributed by atoms with van der Waals surface area (Å²) in [5, 5.41) is 9.79. The topological polar surface area (TPSA) is 54.4 Å². The third kappa shape index (κ3) is 3.57. The van der Waals surface area contributed by atoms with E-state index in [1.165, 1.54) is 0 Å². The van der Waals surface area contributed by atoms with Crippen molar-refractivity contribution in [3.8, 4) is 0 Å². The number of benzene rings is 1. The summed E-state index contributed by atoms with van der Waals surface area (Å²) in [4.78, 5) is 23.4. The SMILES string of the molecule is O=C(C[C@H]1CCCC[C@H]1C(=O)O)c1ccc(Cl)cc1. The van der Waals surface area contributed by atoms with E-state index in [1.807, 2.05) is 0 Å². The van der Waals surface area contributed by atoms with E-state index in [-0.39, 0.29) is 17.6 Å². The molecule has 0 amide bonds. The maximum Gasteiger partial charge on any atom is 0.306 e. The van der Waals surface area contributed by atoms with Gasteiger partial charge in [0, 0.05) is 17.0 Å². The summed E-state index contributed by atoms with van der Waals surface area (Å²) < 4.78 is 0. The maximum atomic E-state index is 12.2. The van der Waals surface area contributed by atoms with Crippen molar-refractivity contribution in [3.63, 3.8) is 0 Å². The Morgan fingerprint density at radius 1 is 1.16 bits per heavy atom. The van der Waals surface area contributed by atoms with Gasteiger partial charge in [-0.25, -0.2) is 0 Å². The van der Waals surface area contributed by atoms with Gasteiger partial charge >= 0.3 is 5.97 Å². The van der Waals surface area contributed by atoms with E-state index in [9.17, 15) is 14.7 Å². The molecule has 1 aromatic rings. The highest BCUT2D eigenvalue weighted by atomic mass is 35.5. The minimum Gasteiger partial charge on any atom is -0.481 e. The van der Waals surface area contributed by atoms with E-state index < -0.39 is 5.97 Å². The first-order valence-electron chi connectivity index (χ1n) is 6.59. The minimum atomic E-state index is -0.770. The summed E-state index contributed by atoms with van der Waals surface area (Å²) in [6, 6.07) is 6.77. The molecule has 0 unspecified atom stereocenters. The average Bonchev–Trinajstić information content (AvgIpc) is 2.39. The van der Waals surface area contributed by atoms with Gasteiger partial charge in [-0.2, -0.15) is 0 Å². The zero-order valence-corrected chi connectivity index (χ0v) is 11.4. The Balaban J connectivity index is 2.04. The maximum absolute atomic E-state index is 12.2. The summed E-state index contributed by atoms with van der Waals surface area (Å²) >= 11 is 5.78. The molecule has 102 valence electrons. The molecule has 19 heavy (non-hydrogen) atoms. The van der Waals surface area contributed by atoms with Crippen LogP contribution in [0.15, 0.2) is 24.3 Å². The third-order valence-electron chi connectivity index (χ3n) is 3.84. The van der Waals surface area contributed by atoms with Crippen LogP contribution >= 0.6 is 11.6 Å². The van der Waals surface area contributed by atoms with E-state index in [2.05, 4.69) is 0 Å². The van der Waals surface area contributed by atoms with Gasteiger partial charge in [0.1, 0.15) is 0 Å². The summed E-state index contributed by atoms with van der Waals surface area (Å²) in [5.41, 5.74) is 0.610. The van der Waals surface area contributed by atoms with Crippen LogP contribution in [0.1, 0.15) is 42.5 Å². The van der Waals surface area contributed by atoms with Crippen LogP contribution in [0.25, 0.3) is 0 Å². The number of Topliss-reactive ketones (excluding diaryl/α,β-unsaturated/α-hetero) is 1. The molecule has 0 aliphatic heterocycles. The molecule has 4 heteroatoms. The summed E-state index contributed by atoms with van der Waals surface area (Å²) in [7, 11) is 0. The highest BCUT2D eigenvalue weighted by molar-refractivity contribution is 6.30. The van der Waals surface area contributed by atoms with Crippen LogP contribution in [-0.2, 0) is 4.79 Å². The Kier molecular flexibility index (Phi) is 4.59. The number of halogens is 1. The van der Waals surface area contributed by atoms with Crippen molar-refractivity contribution in [2.45, 2.75) is 32.1 Å². The predicted molar refractivity (Wildman–Crippen MR) is 73.5 cm³/mol. The molecule has 0 spiro atoms. The van der Waals surface area contributed by atoms with Crippen LogP contribution < -0.4 is 0 Å². The second kappa shape index (κ2) is 6.20. The van der Waals surface area contributed by atoms with Gasteiger partial charge in [-0.05, 0) is 43.0 Å². The van der Waals surface area contributed by atoms with E-state index >= 15 is 0 Å². The number of carbonyl (C=O) groups is 2. The number of ketones is 1. The summed E-state index contributed by atoms with van der Waals surface area (Å²) in [5.74, 6) is -1.16. The smallest absolute Gasteiger partial charge is 0.306 e. The fourth-order valence-electron chi connectivity index (χ4n) is 2.77. The van der Waals surface area contributed by atoms with Gasteiger partial charge in [0.2, 0.25) is 0 Å². The minimum absolute atomic E-state index is 0.00909. The highest BCUT2D eigenvalue weighted by Crippen LogP contribution is 2.33. The third-order valence-corrected chi connectivity index (χ3v) is 4.09. The molecule has 2 atom stereocenters. The van der Waals surface area contributed by atoms with E-state index in [0.29, 0.717) is 23.4 Å². The van der Waals surface area contributed by atoms with Crippen molar-refractivity contribution < 1.29 is 14.7 Å². The monoisotopic (exact) mass is 280 g/mol. The van der Waals surface area contributed by atoms with Crippen LogP contribution in [0.5, 0.6) is 0 Å². The van der Waals surface area contributed by atoms with E-state index in [4.69, 9.17) is 11.6 Å². The van der Waals surface area contributed by atoms with Crippen molar-refractivity contribution >= 4 is 23.4 Å². The fraction of sp³-hybridized carbons (Fsp3) is 0.467. The molecule has 0 radical (unpaired) electrons. The number of carboxylic acids is 1. The van der Waals surface area contributed by atoms with Crippen LogP contribution in [-0.4, -0.2) is 16.9 Å². The first kappa shape index (κ1) is 14.1. The number of hydrogen-bond acceptors (Lipinski definition) is 2. The van der Waals surface area contributed by atoms with Crippen LogP contribution in [0.4, 0.5) is 0 Å². The Labute approximate surface area is 117 Å². The largest absolute Gasteiger partial charge is 0.481 e. The Morgan fingerprint density at radius 2 is 1.79 bits per heavy atom. The molecule has 0 heterocycles. The normalized spacial score (nSPS) is 23.0. The van der Waals surface area contributed by atoms with Crippen LogP contribution in [0.3, 0.4) is 0 Å². The summed E-state index contributed by atoms with van der Waals surface area (Å²) in [6.45, 7) is 0. The van der Waals surface area contributed by atoms with Crippen molar-refractivity contribution in [1.29, 1.82) is 0 Å². The zero-order chi connectivity index (χ0) is 13.8. The number of carbonyl (C=O) groups excluding carboxylic acids is 1. The molecule has 1 aliphatic rings. The van der Waals surface area contributed by atoms with Crippen molar-refractivity contribution in [3.05, 3.63) is 34.9 Å². The first-order chi connectivity index (χ1) is 9.08. The molecule has 1 fully saturated rings. The molecule has 3 nitrogen and oxygen atoms in total. The predicted octanol–water partition coefficient (Wildman–Crippen LogP) is 3.80. The Bertz CT molecular complexity index is 467. The molecule has 0 aromatic heterocycles. The average molecular weight is 281 g/mol. The molecule has 1 aliphatic carbocycles. The molecular formula is C15H17ClO3. The van der Waals surface area contributed by atoms with Crippen molar-refractivity contribution in [2.24, 2.45) is 11.8 Å². The second-order valence-corrected chi connectivity index (χ2v) is 5.56. The molecular weight excluding hydrogens is 264 g/mol. The lowest BCUT2D eigenvalue weighted by Gasteiger charge is -2.27. The first-order valence-corrected chi connectivity index (χ1v) is 6.97. The van der Waals surface area contributed by atoms with E-state index in [1.54, 1.807) is 24.3 Å². The highest BCUT2D eigenvalue weighted by Gasteiger charge is 2.32. The fourth-order valence-corrected chi connectivity index (χ4v) is 2.89. The lowest BCUT2D eigenvalue weighted by molar-refractivity contribution is -0.144. The second-order valence-electron chi connectivity index (χ2n) is 5.12. The van der Waals surface area contributed by atoms with Gasteiger partial charge in [0.05, 0.1) is 5.92 Å². The van der Waals surface area contributed by atoms with Gasteiger partial charge in [-0.1, -0.05) is 24.4 Å². The molecule has 0 bridgehead atoms. The zero-order valence-electron chi connectivity index (χ0n) is 10.6. The quantitative estimate of drug-likeness (QED) is 0.854. The van der Waals surface area contributed by atoms with E-state index in [0.717, 1.165) is 19.3 Å². The van der Waals surface area contributed by atoms with Gasteiger partial charge < -0.3 is 5.11 Å². The number of rotatable bonds is 4. The van der Waals surface area contributed by atoms with Crippen molar-refractivity contribution in [2.75, 3.05) is 0 Å². The molecule has 1 saturated carbocycles. The Hall–Kier alpha value is -1.35. The van der Waals surface area contributed by atoms with Gasteiger partial charge in [-0.3, -0.25) is 9.59 Å². The number of aliphatic carboxylic acids is 1. The number of hydrogen-bond donors (Lipinski definition) is 1. The lowest BCUT2D eigenvalue weighted by Crippen LogP contribution is -2.28. The molecule has 2 rings (SSSR count). The lowest BCUT2D eigenvalue weighted by atomic mass is 9.76.